The highest BCUT2D eigenvalue weighted by Crippen LogP contribution is 2.29. The van der Waals surface area contributed by atoms with Crippen molar-refractivity contribution in [1.29, 1.82) is 5.26 Å². The molecule has 0 aliphatic carbocycles. The summed E-state index contributed by atoms with van der Waals surface area (Å²) in [6.07, 6.45) is 0. The summed E-state index contributed by atoms with van der Waals surface area (Å²) in [7, 11) is 3.11. The number of aryl methyl sites for hydroxylation is 1. The Morgan fingerprint density at radius 3 is 2.60 bits per heavy atom. The molecule has 2 atom stereocenters. The molecule has 2 heterocycles. The second kappa shape index (κ2) is 8.91. The van der Waals surface area contributed by atoms with Crippen LogP contribution in [0.15, 0.2) is 30.3 Å². The van der Waals surface area contributed by atoms with Crippen LogP contribution < -0.4 is 19.7 Å². The van der Waals surface area contributed by atoms with Gasteiger partial charge in [-0.1, -0.05) is 0 Å². The Balaban J connectivity index is 1.74. The molecule has 1 saturated heterocycles. The molecule has 0 radical (unpaired) electrons. The van der Waals surface area contributed by atoms with Crippen molar-refractivity contribution in [3.63, 3.8) is 0 Å². The molecule has 1 aromatic carbocycles. The quantitative estimate of drug-likeness (QED) is 0.832. The minimum Gasteiger partial charge on any atom is -0.495 e. The van der Waals surface area contributed by atoms with Crippen molar-refractivity contribution in [2.45, 2.75) is 32.9 Å². The Morgan fingerprint density at radius 2 is 1.93 bits per heavy atom. The van der Waals surface area contributed by atoms with Gasteiger partial charge in [-0.25, -0.2) is 9.78 Å². The van der Waals surface area contributed by atoms with E-state index in [-0.39, 0.29) is 18.1 Å². The number of rotatable bonds is 4. The molecule has 3 rings (SSSR count). The van der Waals surface area contributed by atoms with Crippen LogP contribution in [0.25, 0.3) is 0 Å². The van der Waals surface area contributed by atoms with Gasteiger partial charge in [0.2, 0.25) is 5.88 Å². The van der Waals surface area contributed by atoms with Crippen LogP contribution >= 0.6 is 0 Å². The summed E-state index contributed by atoms with van der Waals surface area (Å²) in [5.41, 5.74) is 2.90. The van der Waals surface area contributed by atoms with Gasteiger partial charge in [-0.15, -0.1) is 0 Å². The Labute approximate surface area is 177 Å². The number of urea groups is 1. The number of carbonyl (C=O) groups is 1. The van der Waals surface area contributed by atoms with E-state index in [0.717, 1.165) is 11.4 Å². The Bertz CT molecular complexity index is 972. The zero-order valence-electron chi connectivity index (χ0n) is 18.0. The first-order valence-electron chi connectivity index (χ1n) is 9.81. The van der Waals surface area contributed by atoms with Crippen molar-refractivity contribution < 1.29 is 14.3 Å². The van der Waals surface area contributed by atoms with Gasteiger partial charge in [0, 0.05) is 54.4 Å². The predicted octanol–water partition coefficient (Wildman–Crippen LogP) is 3.41. The molecular weight excluding hydrogens is 382 g/mol. The highest BCUT2D eigenvalue weighted by Gasteiger charge is 2.32. The molecule has 2 aromatic rings. The number of nitrogens with zero attached hydrogens (tertiary/aromatic N) is 4. The minimum absolute atomic E-state index is 0.00679. The van der Waals surface area contributed by atoms with E-state index >= 15 is 0 Å². The van der Waals surface area contributed by atoms with Crippen LogP contribution in [0.3, 0.4) is 0 Å². The van der Waals surface area contributed by atoms with E-state index in [1.54, 1.807) is 26.4 Å². The van der Waals surface area contributed by atoms with Gasteiger partial charge in [-0.05, 0) is 39.0 Å². The largest absolute Gasteiger partial charge is 0.495 e. The first-order chi connectivity index (χ1) is 14.4. The normalized spacial score (nSPS) is 18.5. The second-order valence-corrected chi connectivity index (χ2v) is 7.47. The van der Waals surface area contributed by atoms with Crippen molar-refractivity contribution in [3.05, 3.63) is 41.6 Å². The highest BCUT2D eigenvalue weighted by molar-refractivity contribution is 5.90. The number of amides is 2. The predicted molar refractivity (Wildman–Crippen MR) is 115 cm³/mol. The van der Waals surface area contributed by atoms with Gasteiger partial charge in [0.15, 0.2) is 0 Å². The number of piperazine rings is 1. The summed E-state index contributed by atoms with van der Waals surface area (Å²) in [5.74, 6) is 1.02. The number of nitrogens with one attached hydrogen (secondary N) is 1. The van der Waals surface area contributed by atoms with Gasteiger partial charge in [-0.2, -0.15) is 5.26 Å². The van der Waals surface area contributed by atoms with Crippen LogP contribution in [0, 0.1) is 18.3 Å². The highest BCUT2D eigenvalue weighted by atomic mass is 16.5. The van der Waals surface area contributed by atoms with E-state index in [0.29, 0.717) is 36.0 Å². The number of carbonyl (C=O) groups excluding carboxylic acids is 1. The monoisotopic (exact) mass is 409 g/mol. The fourth-order valence-electron chi connectivity index (χ4n) is 3.73. The van der Waals surface area contributed by atoms with Gasteiger partial charge >= 0.3 is 6.03 Å². The van der Waals surface area contributed by atoms with Gasteiger partial charge in [0.1, 0.15) is 11.8 Å². The van der Waals surface area contributed by atoms with Crippen LogP contribution in [0.1, 0.15) is 25.1 Å². The molecule has 1 aliphatic rings. The number of aromatic nitrogens is 1. The van der Waals surface area contributed by atoms with E-state index in [1.165, 1.54) is 0 Å². The third kappa shape index (κ3) is 4.40. The molecule has 0 spiro atoms. The fraction of sp³-hybridized carbons (Fsp3) is 0.409. The smallest absolute Gasteiger partial charge is 0.322 e. The molecule has 30 heavy (non-hydrogen) atoms. The number of pyridine rings is 1. The lowest BCUT2D eigenvalue weighted by Gasteiger charge is -2.45. The van der Waals surface area contributed by atoms with E-state index in [4.69, 9.17) is 9.47 Å². The third-order valence-corrected chi connectivity index (χ3v) is 5.27. The maximum Gasteiger partial charge on any atom is 0.322 e. The molecule has 8 heteroatoms. The number of anilines is 2. The summed E-state index contributed by atoms with van der Waals surface area (Å²) in [6, 6.07) is 11.2. The average molecular weight is 409 g/mol. The number of nitriles is 1. The minimum atomic E-state index is -0.154. The average Bonchev–Trinajstić information content (AvgIpc) is 2.73. The molecule has 1 fully saturated rings. The summed E-state index contributed by atoms with van der Waals surface area (Å²) < 4.78 is 10.5. The van der Waals surface area contributed by atoms with Crippen LogP contribution in [0.2, 0.25) is 0 Å². The van der Waals surface area contributed by atoms with Crippen LogP contribution in [-0.4, -0.2) is 55.3 Å². The summed E-state index contributed by atoms with van der Waals surface area (Å²) in [5, 5.41) is 12.2. The molecule has 2 amide bonds. The van der Waals surface area contributed by atoms with Crippen LogP contribution in [-0.2, 0) is 0 Å². The van der Waals surface area contributed by atoms with Gasteiger partial charge in [0.05, 0.1) is 19.8 Å². The number of hydrogen-bond donors (Lipinski definition) is 1. The van der Waals surface area contributed by atoms with Gasteiger partial charge < -0.3 is 24.6 Å². The van der Waals surface area contributed by atoms with Crippen molar-refractivity contribution in [1.82, 2.24) is 9.88 Å². The third-order valence-electron chi connectivity index (χ3n) is 5.27. The molecule has 8 nitrogen and oxygen atoms in total. The van der Waals surface area contributed by atoms with E-state index in [2.05, 4.69) is 28.2 Å². The summed E-state index contributed by atoms with van der Waals surface area (Å²) in [4.78, 5) is 21.3. The first-order valence-corrected chi connectivity index (χ1v) is 9.81. The number of methoxy groups -OCH3 is 2. The lowest BCUT2D eigenvalue weighted by atomic mass is 10.1. The molecule has 0 bridgehead atoms. The van der Waals surface area contributed by atoms with Crippen LogP contribution in [0.4, 0.5) is 16.2 Å². The lowest BCUT2D eigenvalue weighted by molar-refractivity contribution is 0.173. The maximum absolute atomic E-state index is 12.9. The first kappa shape index (κ1) is 21.2. The molecule has 1 N–H and O–H groups in total. The maximum atomic E-state index is 12.9. The molecule has 1 aromatic heterocycles. The van der Waals surface area contributed by atoms with Gasteiger partial charge in [-0.3, -0.25) is 0 Å². The van der Waals surface area contributed by atoms with E-state index in [9.17, 15) is 10.1 Å². The fourth-order valence-corrected chi connectivity index (χ4v) is 3.73. The second-order valence-electron chi connectivity index (χ2n) is 7.47. The standard InChI is InChI=1S/C22H27N5O3/c1-14-8-18(9-21(24-14)30-5)25-22(28)27-13-15(2)26(12-16(27)3)19-7-6-17(11-23)20(10-19)29-4/h6-10,15-16H,12-13H2,1-5H3,(H,24,25,28)/t15-,16+/m0/s1. The van der Waals surface area contributed by atoms with Crippen molar-refractivity contribution >= 4 is 17.4 Å². The van der Waals surface area contributed by atoms with Crippen LogP contribution in [0.5, 0.6) is 11.6 Å². The number of ether oxygens (including phenoxy) is 2. The molecule has 0 saturated carbocycles. The van der Waals surface area contributed by atoms with Crippen molar-refractivity contribution in [3.8, 4) is 17.7 Å². The van der Waals surface area contributed by atoms with E-state index in [1.807, 2.05) is 36.9 Å². The topological polar surface area (TPSA) is 90.7 Å². The van der Waals surface area contributed by atoms with E-state index < -0.39 is 0 Å². The van der Waals surface area contributed by atoms with Crippen molar-refractivity contribution in [2.75, 3.05) is 37.5 Å². The summed E-state index contributed by atoms with van der Waals surface area (Å²) in [6.45, 7) is 7.19. The Kier molecular flexibility index (Phi) is 6.31. The number of hydrogen-bond acceptors (Lipinski definition) is 6. The van der Waals surface area contributed by atoms with Gasteiger partial charge in [0.25, 0.3) is 0 Å². The Hall–Kier alpha value is -3.47. The molecule has 0 unspecified atom stereocenters. The number of benzene rings is 1. The lowest BCUT2D eigenvalue weighted by Crippen LogP contribution is -2.59. The SMILES string of the molecule is COc1cc(NC(=O)N2C[C@H](C)N(c3ccc(C#N)c(OC)c3)C[C@H]2C)cc(C)n1. The Morgan fingerprint density at radius 1 is 1.17 bits per heavy atom. The molecule has 1 aliphatic heterocycles. The molecular formula is C22H27N5O3. The zero-order chi connectivity index (χ0) is 21.8. The summed E-state index contributed by atoms with van der Waals surface area (Å²) >= 11 is 0. The van der Waals surface area contributed by atoms with Crippen molar-refractivity contribution in [2.24, 2.45) is 0 Å². The molecule has 158 valence electrons. The zero-order valence-corrected chi connectivity index (χ0v) is 18.0.